The van der Waals surface area contributed by atoms with Gasteiger partial charge in [0.25, 0.3) is 5.91 Å². The Bertz CT molecular complexity index is 810. The van der Waals surface area contributed by atoms with E-state index in [2.05, 4.69) is 15.5 Å². The van der Waals surface area contributed by atoms with Gasteiger partial charge in [-0.15, -0.1) is 11.3 Å². The number of amides is 2. The minimum atomic E-state index is -0.676. The first-order valence-electron chi connectivity index (χ1n) is 8.94. The van der Waals surface area contributed by atoms with Gasteiger partial charge in [0.2, 0.25) is 5.91 Å². The summed E-state index contributed by atoms with van der Waals surface area (Å²) in [4.78, 5) is 28.6. The molecule has 1 heterocycles. The highest BCUT2D eigenvalue weighted by molar-refractivity contribution is 7.10. The quantitative estimate of drug-likeness (QED) is 0.643. The van der Waals surface area contributed by atoms with Crippen LogP contribution >= 0.6 is 34.5 Å². The molecule has 0 spiro atoms. The van der Waals surface area contributed by atoms with Crippen molar-refractivity contribution in [2.45, 2.75) is 25.9 Å². The average molecular weight is 442 g/mol. The Labute approximate surface area is 180 Å². The summed E-state index contributed by atoms with van der Waals surface area (Å²) in [7, 11) is 3.95. The Morgan fingerprint density at radius 1 is 1.18 bits per heavy atom. The van der Waals surface area contributed by atoms with Gasteiger partial charge in [0, 0.05) is 16.4 Å². The molecule has 2 atom stereocenters. The summed E-state index contributed by atoms with van der Waals surface area (Å²) < 4.78 is 0. The highest BCUT2D eigenvalue weighted by Gasteiger charge is 2.26. The van der Waals surface area contributed by atoms with E-state index in [4.69, 9.17) is 23.2 Å². The van der Waals surface area contributed by atoms with Crippen LogP contribution in [0.15, 0.2) is 35.7 Å². The van der Waals surface area contributed by atoms with Gasteiger partial charge in [-0.3, -0.25) is 9.59 Å². The molecule has 2 amide bonds. The molecule has 0 aliphatic rings. The number of carbonyl (C=O) groups is 2. The maximum atomic E-state index is 12.8. The van der Waals surface area contributed by atoms with E-state index in [9.17, 15) is 9.59 Å². The van der Waals surface area contributed by atoms with Crippen LogP contribution in [0.2, 0.25) is 10.0 Å². The number of nitrogens with one attached hydrogen (secondary N) is 2. The molecule has 28 heavy (non-hydrogen) atoms. The van der Waals surface area contributed by atoms with Crippen molar-refractivity contribution >= 4 is 46.4 Å². The van der Waals surface area contributed by atoms with Crippen LogP contribution in [0.25, 0.3) is 0 Å². The molecular formula is C20H25Cl2N3O2S. The van der Waals surface area contributed by atoms with Crippen molar-refractivity contribution < 1.29 is 9.59 Å². The van der Waals surface area contributed by atoms with Gasteiger partial charge in [-0.1, -0.05) is 43.1 Å². The molecule has 0 radical (unpaired) electrons. The van der Waals surface area contributed by atoms with Crippen LogP contribution in [-0.4, -0.2) is 43.4 Å². The van der Waals surface area contributed by atoms with Crippen molar-refractivity contribution in [3.05, 3.63) is 56.2 Å². The van der Waals surface area contributed by atoms with Gasteiger partial charge in [0.1, 0.15) is 6.04 Å². The van der Waals surface area contributed by atoms with Gasteiger partial charge in [0.05, 0.1) is 16.6 Å². The van der Waals surface area contributed by atoms with E-state index in [1.807, 2.05) is 45.5 Å². The second-order valence-corrected chi connectivity index (χ2v) is 8.88. The Balaban J connectivity index is 2.06. The topological polar surface area (TPSA) is 61.4 Å². The summed E-state index contributed by atoms with van der Waals surface area (Å²) in [6, 6.07) is 8.08. The summed E-state index contributed by atoms with van der Waals surface area (Å²) in [5, 5.41) is 8.47. The number of carbonyl (C=O) groups excluding carboxylic acids is 2. The molecule has 1 aromatic carbocycles. The second kappa shape index (κ2) is 10.3. The lowest BCUT2D eigenvalue weighted by molar-refractivity contribution is -0.124. The third-order valence-corrected chi connectivity index (χ3v) is 5.90. The average Bonchev–Trinajstić information content (AvgIpc) is 3.13. The normalized spacial score (nSPS) is 13.4. The van der Waals surface area contributed by atoms with Crippen LogP contribution < -0.4 is 10.6 Å². The third kappa shape index (κ3) is 5.95. The number of likely N-dealkylation sites (N-methyl/N-ethyl adjacent to an activating group) is 1. The number of nitrogens with zero attached hydrogens (tertiary/aromatic N) is 1. The molecule has 2 aromatic rings. The number of thiophene rings is 1. The van der Waals surface area contributed by atoms with Crippen LogP contribution in [0.5, 0.6) is 0 Å². The zero-order valence-corrected chi connectivity index (χ0v) is 18.7. The van der Waals surface area contributed by atoms with Gasteiger partial charge in [-0.2, -0.15) is 0 Å². The maximum Gasteiger partial charge on any atom is 0.253 e. The molecule has 0 aliphatic carbocycles. The van der Waals surface area contributed by atoms with Crippen molar-refractivity contribution in [3.8, 4) is 0 Å². The fourth-order valence-electron chi connectivity index (χ4n) is 2.75. The number of hydrogen-bond acceptors (Lipinski definition) is 4. The van der Waals surface area contributed by atoms with Crippen LogP contribution in [0.1, 0.15) is 35.1 Å². The van der Waals surface area contributed by atoms with Gasteiger partial charge >= 0.3 is 0 Å². The Morgan fingerprint density at radius 2 is 1.89 bits per heavy atom. The summed E-state index contributed by atoms with van der Waals surface area (Å²) >= 11 is 13.6. The summed E-state index contributed by atoms with van der Waals surface area (Å²) in [5.41, 5.74) is 0.286. The predicted molar refractivity (Wildman–Crippen MR) is 116 cm³/mol. The van der Waals surface area contributed by atoms with Crippen molar-refractivity contribution in [2.24, 2.45) is 5.92 Å². The molecule has 152 valence electrons. The molecule has 1 aromatic heterocycles. The molecule has 0 fully saturated rings. The lowest BCUT2D eigenvalue weighted by atomic mass is 10.0. The first kappa shape index (κ1) is 22.7. The molecule has 2 rings (SSSR count). The zero-order chi connectivity index (χ0) is 20.8. The molecule has 0 aliphatic heterocycles. The molecule has 0 saturated carbocycles. The van der Waals surface area contributed by atoms with Crippen LogP contribution in [0, 0.1) is 5.92 Å². The highest BCUT2D eigenvalue weighted by Crippen LogP contribution is 2.23. The van der Waals surface area contributed by atoms with E-state index >= 15 is 0 Å². The largest absolute Gasteiger partial charge is 0.352 e. The number of halogens is 2. The summed E-state index contributed by atoms with van der Waals surface area (Å²) in [6.45, 7) is 4.22. The van der Waals surface area contributed by atoms with Gasteiger partial charge in [-0.05, 0) is 49.7 Å². The molecular weight excluding hydrogens is 417 g/mol. The van der Waals surface area contributed by atoms with Crippen molar-refractivity contribution in [1.29, 1.82) is 0 Å². The van der Waals surface area contributed by atoms with E-state index in [1.54, 1.807) is 23.5 Å². The monoisotopic (exact) mass is 441 g/mol. The zero-order valence-electron chi connectivity index (χ0n) is 16.3. The lowest BCUT2D eigenvalue weighted by Crippen LogP contribution is -2.51. The van der Waals surface area contributed by atoms with Gasteiger partial charge < -0.3 is 15.5 Å². The SMILES string of the molecule is CC(C)C(NC(=O)c1ccc(Cl)cc1Cl)C(=O)NCC(c1cccs1)N(C)C. The second-order valence-electron chi connectivity index (χ2n) is 7.06. The minimum absolute atomic E-state index is 0.0678. The third-order valence-electron chi connectivity index (χ3n) is 4.38. The predicted octanol–water partition coefficient (Wildman–Crippen LogP) is 4.23. The Kier molecular flexibility index (Phi) is 8.31. The van der Waals surface area contributed by atoms with E-state index in [1.165, 1.54) is 10.9 Å². The summed E-state index contributed by atoms with van der Waals surface area (Å²) in [6.07, 6.45) is 0. The molecule has 2 unspecified atom stereocenters. The Hall–Kier alpha value is -1.60. The van der Waals surface area contributed by atoms with E-state index in [-0.39, 0.29) is 28.5 Å². The number of rotatable bonds is 8. The molecule has 8 heteroatoms. The van der Waals surface area contributed by atoms with Gasteiger partial charge in [-0.25, -0.2) is 0 Å². The fraction of sp³-hybridized carbons (Fsp3) is 0.400. The summed E-state index contributed by atoms with van der Waals surface area (Å²) in [5.74, 6) is -0.718. The molecule has 5 nitrogen and oxygen atoms in total. The minimum Gasteiger partial charge on any atom is -0.352 e. The van der Waals surface area contributed by atoms with Crippen LogP contribution in [-0.2, 0) is 4.79 Å². The molecule has 2 N–H and O–H groups in total. The smallest absolute Gasteiger partial charge is 0.253 e. The molecule has 0 saturated heterocycles. The van der Waals surface area contributed by atoms with Crippen LogP contribution in [0.4, 0.5) is 0 Å². The van der Waals surface area contributed by atoms with E-state index < -0.39 is 11.9 Å². The first-order chi connectivity index (χ1) is 13.2. The number of benzene rings is 1. The van der Waals surface area contributed by atoms with Gasteiger partial charge in [0.15, 0.2) is 0 Å². The fourth-order valence-corrected chi connectivity index (χ4v) is 4.17. The van der Waals surface area contributed by atoms with Crippen molar-refractivity contribution in [1.82, 2.24) is 15.5 Å². The first-order valence-corrected chi connectivity index (χ1v) is 10.6. The maximum absolute atomic E-state index is 12.8. The molecule has 0 bridgehead atoms. The lowest BCUT2D eigenvalue weighted by Gasteiger charge is -2.26. The Morgan fingerprint density at radius 3 is 2.43 bits per heavy atom. The number of hydrogen-bond donors (Lipinski definition) is 2. The van der Waals surface area contributed by atoms with E-state index in [0.29, 0.717) is 11.6 Å². The highest BCUT2D eigenvalue weighted by atomic mass is 35.5. The standard InChI is InChI=1S/C20H25Cl2N3O2S/c1-12(2)18(24-19(26)14-8-7-13(21)10-15(14)22)20(27)23-11-16(25(3)4)17-6-5-9-28-17/h5-10,12,16,18H,11H2,1-4H3,(H,23,27)(H,24,26). The van der Waals surface area contributed by atoms with E-state index in [0.717, 1.165) is 0 Å². The van der Waals surface area contributed by atoms with Crippen molar-refractivity contribution in [2.75, 3.05) is 20.6 Å². The van der Waals surface area contributed by atoms with Crippen LogP contribution in [0.3, 0.4) is 0 Å². The van der Waals surface area contributed by atoms with Crippen molar-refractivity contribution in [3.63, 3.8) is 0 Å².